The van der Waals surface area contributed by atoms with E-state index in [-0.39, 0.29) is 49.1 Å². The maximum Gasteiger partial charge on any atom is 0.325 e. The molecule has 0 aromatic rings. The Kier molecular flexibility index (Phi) is 5.21. The Labute approximate surface area is 124 Å². The lowest BCUT2D eigenvalue weighted by molar-refractivity contribution is -0.149. The van der Waals surface area contributed by atoms with Crippen molar-refractivity contribution in [1.29, 1.82) is 0 Å². The Morgan fingerprint density at radius 2 is 2.05 bits per heavy atom. The van der Waals surface area contributed by atoms with Gasteiger partial charge in [0, 0.05) is 25.0 Å². The van der Waals surface area contributed by atoms with E-state index in [0.717, 1.165) is 12.8 Å². The van der Waals surface area contributed by atoms with Gasteiger partial charge in [-0.3, -0.25) is 9.59 Å². The van der Waals surface area contributed by atoms with Gasteiger partial charge in [0.2, 0.25) is 5.91 Å². The van der Waals surface area contributed by atoms with Crippen LogP contribution >= 0.6 is 0 Å². The van der Waals surface area contributed by atoms with Crippen molar-refractivity contribution in [3.8, 4) is 0 Å². The third-order valence-electron chi connectivity index (χ3n) is 3.63. The molecule has 2 rings (SSSR count). The van der Waals surface area contributed by atoms with Crippen LogP contribution in [0.25, 0.3) is 0 Å². The van der Waals surface area contributed by atoms with Gasteiger partial charge in [0.15, 0.2) is 9.84 Å². The zero-order valence-electron chi connectivity index (χ0n) is 12.2. The maximum absolute atomic E-state index is 12.3. The van der Waals surface area contributed by atoms with Gasteiger partial charge in [-0.1, -0.05) is 0 Å². The number of nitrogens with one attached hydrogen (secondary N) is 1. The van der Waals surface area contributed by atoms with Gasteiger partial charge >= 0.3 is 5.97 Å². The van der Waals surface area contributed by atoms with E-state index in [1.807, 2.05) is 0 Å². The molecule has 1 saturated heterocycles. The fraction of sp³-hybridized carbons (Fsp3) is 0.846. The van der Waals surface area contributed by atoms with Crippen LogP contribution in [0.1, 0.15) is 26.2 Å². The lowest BCUT2D eigenvalue weighted by Crippen LogP contribution is -2.48. The molecule has 1 N–H and O–H groups in total. The number of amides is 1. The number of esters is 1. The van der Waals surface area contributed by atoms with E-state index in [0.29, 0.717) is 6.54 Å². The van der Waals surface area contributed by atoms with Crippen LogP contribution in [-0.4, -0.2) is 68.5 Å². The summed E-state index contributed by atoms with van der Waals surface area (Å²) in [5.41, 5.74) is 0. The first-order chi connectivity index (χ1) is 9.91. The first-order valence-electron chi connectivity index (χ1n) is 7.30. The van der Waals surface area contributed by atoms with Crippen molar-refractivity contribution in [2.24, 2.45) is 0 Å². The van der Waals surface area contributed by atoms with Crippen LogP contribution in [0.2, 0.25) is 0 Å². The zero-order valence-corrected chi connectivity index (χ0v) is 13.0. The molecule has 1 amide bonds. The van der Waals surface area contributed by atoms with Gasteiger partial charge in [-0.15, -0.1) is 0 Å². The highest BCUT2D eigenvalue weighted by Crippen LogP contribution is 2.27. The van der Waals surface area contributed by atoms with E-state index < -0.39 is 15.8 Å². The third-order valence-corrected chi connectivity index (χ3v) is 5.37. The molecule has 2 fully saturated rings. The topological polar surface area (TPSA) is 92.8 Å². The number of carbonyl (C=O) groups excluding carboxylic acids is 2. The summed E-state index contributed by atoms with van der Waals surface area (Å²) in [6.45, 7) is 2.34. The molecule has 0 bridgehead atoms. The molecule has 0 aromatic carbocycles. The van der Waals surface area contributed by atoms with Gasteiger partial charge in [0.05, 0.1) is 18.1 Å². The van der Waals surface area contributed by atoms with Crippen LogP contribution in [0.15, 0.2) is 0 Å². The van der Waals surface area contributed by atoms with Crippen LogP contribution in [0.3, 0.4) is 0 Å². The van der Waals surface area contributed by atoms with E-state index in [9.17, 15) is 18.0 Å². The van der Waals surface area contributed by atoms with Crippen molar-refractivity contribution in [3.63, 3.8) is 0 Å². The second kappa shape index (κ2) is 6.74. The second-order valence-electron chi connectivity index (χ2n) is 5.53. The highest BCUT2D eigenvalue weighted by molar-refractivity contribution is 7.91. The molecule has 21 heavy (non-hydrogen) atoms. The average molecular weight is 318 g/mol. The van der Waals surface area contributed by atoms with E-state index in [1.165, 1.54) is 4.90 Å². The molecule has 120 valence electrons. The molecule has 7 nitrogen and oxygen atoms in total. The van der Waals surface area contributed by atoms with Crippen LogP contribution in [0, 0.1) is 0 Å². The van der Waals surface area contributed by atoms with Gasteiger partial charge in [-0.25, -0.2) is 8.42 Å². The third kappa shape index (κ3) is 4.96. The van der Waals surface area contributed by atoms with Crippen molar-refractivity contribution < 1.29 is 22.7 Å². The Bertz CT molecular complexity index is 501. The summed E-state index contributed by atoms with van der Waals surface area (Å²) in [5.74, 6) is -0.495. The van der Waals surface area contributed by atoms with E-state index >= 15 is 0 Å². The van der Waals surface area contributed by atoms with Gasteiger partial charge < -0.3 is 15.0 Å². The Morgan fingerprint density at radius 1 is 1.33 bits per heavy atom. The molecule has 2 aliphatic rings. The number of carbonyl (C=O) groups is 2. The molecule has 1 atom stereocenters. The molecule has 8 heteroatoms. The first kappa shape index (κ1) is 16.2. The summed E-state index contributed by atoms with van der Waals surface area (Å²) >= 11 is 0. The predicted molar refractivity (Wildman–Crippen MR) is 76.4 cm³/mol. The second-order valence-corrected chi connectivity index (χ2v) is 7.76. The van der Waals surface area contributed by atoms with Gasteiger partial charge in [-0.2, -0.15) is 0 Å². The van der Waals surface area contributed by atoms with Crippen molar-refractivity contribution >= 4 is 21.7 Å². The Hall–Kier alpha value is -1.15. The molecular formula is C13H22N2O5S. The van der Waals surface area contributed by atoms with Crippen molar-refractivity contribution in [2.75, 3.05) is 31.2 Å². The van der Waals surface area contributed by atoms with E-state index in [1.54, 1.807) is 6.92 Å². The van der Waals surface area contributed by atoms with Crippen LogP contribution < -0.4 is 5.32 Å². The molecule has 0 radical (unpaired) electrons. The van der Waals surface area contributed by atoms with Crippen LogP contribution in [-0.2, 0) is 24.2 Å². The lowest BCUT2D eigenvalue weighted by atomic mass is 10.2. The summed E-state index contributed by atoms with van der Waals surface area (Å²) < 4.78 is 28.0. The smallest absolute Gasteiger partial charge is 0.325 e. The van der Waals surface area contributed by atoms with E-state index in [2.05, 4.69) is 5.32 Å². The minimum Gasteiger partial charge on any atom is -0.465 e. The molecule has 0 spiro atoms. The number of nitrogens with zero attached hydrogens (tertiary/aromatic N) is 1. The number of ether oxygens (including phenoxy) is 1. The first-order valence-corrected chi connectivity index (χ1v) is 9.12. The molecular weight excluding hydrogens is 296 g/mol. The highest BCUT2D eigenvalue weighted by atomic mass is 32.2. The number of hydrogen-bond donors (Lipinski definition) is 1. The van der Waals surface area contributed by atoms with Gasteiger partial charge in [-0.05, 0) is 19.8 Å². The maximum atomic E-state index is 12.3. The summed E-state index contributed by atoms with van der Waals surface area (Å²) in [4.78, 5) is 25.4. The van der Waals surface area contributed by atoms with Gasteiger partial charge in [0.1, 0.15) is 6.54 Å². The normalized spacial score (nSPS) is 24.3. The Morgan fingerprint density at radius 3 is 2.62 bits per heavy atom. The minimum atomic E-state index is -3.06. The molecule has 1 unspecified atom stereocenters. The van der Waals surface area contributed by atoms with Gasteiger partial charge in [0.25, 0.3) is 0 Å². The Balaban J connectivity index is 1.91. The fourth-order valence-electron chi connectivity index (χ4n) is 2.48. The van der Waals surface area contributed by atoms with Crippen LogP contribution in [0.4, 0.5) is 0 Å². The standard InChI is InChI=1S/C13H22N2O5S/c1-2-20-13(17)8-15(11-3-4-11)12(16)7-10-9-21(18,19)6-5-14-10/h10-11,14H,2-9H2,1H3. The molecule has 1 saturated carbocycles. The summed E-state index contributed by atoms with van der Waals surface area (Å²) in [7, 11) is -3.06. The summed E-state index contributed by atoms with van der Waals surface area (Å²) in [6.07, 6.45) is 1.89. The minimum absolute atomic E-state index is 0.0172. The van der Waals surface area contributed by atoms with Crippen molar-refractivity contribution in [3.05, 3.63) is 0 Å². The monoisotopic (exact) mass is 318 g/mol. The fourth-order valence-corrected chi connectivity index (χ4v) is 3.92. The quantitative estimate of drug-likeness (QED) is 0.652. The molecule has 0 aromatic heterocycles. The summed E-state index contributed by atoms with van der Waals surface area (Å²) in [5, 5.41) is 3.06. The molecule has 1 aliphatic carbocycles. The highest BCUT2D eigenvalue weighted by Gasteiger charge is 2.36. The predicted octanol–water partition coefficient (Wildman–Crippen LogP) is -0.683. The van der Waals surface area contributed by atoms with E-state index in [4.69, 9.17) is 4.74 Å². The van der Waals surface area contributed by atoms with Crippen molar-refractivity contribution in [2.45, 2.75) is 38.3 Å². The molecule has 1 aliphatic heterocycles. The zero-order chi connectivity index (χ0) is 15.5. The number of hydrogen-bond acceptors (Lipinski definition) is 6. The molecule has 1 heterocycles. The number of rotatable bonds is 6. The van der Waals surface area contributed by atoms with Crippen molar-refractivity contribution in [1.82, 2.24) is 10.2 Å². The SMILES string of the molecule is CCOC(=O)CN(C(=O)CC1CS(=O)(=O)CCN1)C1CC1. The average Bonchev–Trinajstić information content (AvgIpc) is 3.19. The van der Waals surface area contributed by atoms with Crippen LogP contribution in [0.5, 0.6) is 0 Å². The summed E-state index contributed by atoms with van der Waals surface area (Å²) in [6, 6.07) is -0.262. The largest absolute Gasteiger partial charge is 0.465 e. The lowest BCUT2D eigenvalue weighted by Gasteiger charge is -2.27. The number of sulfone groups is 1.